The first kappa shape index (κ1) is 16.2. The Kier molecular flexibility index (Phi) is 5.55. The lowest BCUT2D eigenvalue weighted by molar-refractivity contribution is 0.282. The van der Waals surface area contributed by atoms with Crippen molar-refractivity contribution < 1.29 is 13.5 Å². The Morgan fingerprint density at radius 2 is 2.11 bits per heavy atom. The monoisotopic (exact) mass is 303 g/mol. The molecule has 0 saturated heterocycles. The molecule has 0 saturated carbocycles. The van der Waals surface area contributed by atoms with Gasteiger partial charge in [0.25, 0.3) is 0 Å². The minimum Gasteiger partial charge on any atom is -0.392 e. The van der Waals surface area contributed by atoms with Crippen LogP contribution in [0.4, 0.5) is 0 Å². The molecule has 0 heterocycles. The van der Waals surface area contributed by atoms with Gasteiger partial charge in [0.05, 0.1) is 11.5 Å². The molecule has 0 aliphatic rings. The van der Waals surface area contributed by atoms with Crippen LogP contribution in [0.25, 0.3) is 0 Å². The van der Waals surface area contributed by atoms with Crippen molar-refractivity contribution in [3.63, 3.8) is 0 Å². The average Bonchev–Trinajstić information content (AvgIpc) is 2.35. The number of hydrogen-bond donors (Lipinski definition) is 1. The van der Waals surface area contributed by atoms with Crippen LogP contribution in [0.3, 0.4) is 0 Å². The van der Waals surface area contributed by atoms with Crippen molar-refractivity contribution in [3.05, 3.63) is 40.9 Å². The van der Waals surface area contributed by atoms with Crippen LogP contribution in [0.5, 0.6) is 0 Å². The topological polar surface area (TPSA) is 57.6 Å². The first-order valence-corrected chi connectivity index (χ1v) is 7.68. The minimum absolute atomic E-state index is 0.123. The van der Waals surface area contributed by atoms with E-state index >= 15 is 0 Å². The van der Waals surface area contributed by atoms with Gasteiger partial charge in [0.1, 0.15) is 0 Å². The highest BCUT2D eigenvalue weighted by Gasteiger charge is 2.23. The van der Waals surface area contributed by atoms with Gasteiger partial charge in [0.15, 0.2) is 0 Å². The third kappa shape index (κ3) is 3.79. The van der Waals surface area contributed by atoms with Gasteiger partial charge in [-0.1, -0.05) is 36.7 Å². The van der Waals surface area contributed by atoms with Gasteiger partial charge < -0.3 is 5.11 Å². The predicted octanol–water partition coefficient (Wildman–Crippen LogP) is 2.42. The maximum absolute atomic E-state index is 12.4. The summed E-state index contributed by atoms with van der Waals surface area (Å²) in [6, 6.07) is 4.33. The predicted molar refractivity (Wildman–Crippen MR) is 76.6 cm³/mol. The zero-order valence-electron chi connectivity index (χ0n) is 11.1. The molecule has 1 aromatic rings. The van der Waals surface area contributed by atoms with Crippen LogP contribution in [0.2, 0.25) is 5.02 Å². The minimum atomic E-state index is -3.59. The van der Waals surface area contributed by atoms with Crippen molar-refractivity contribution in [3.8, 4) is 0 Å². The molecular weight excluding hydrogens is 286 g/mol. The molecule has 0 aliphatic carbocycles. The second-order valence-corrected chi connectivity index (χ2v) is 6.64. The smallest absolute Gasteiger partial charge is 0.243 e. The van der Waals surface area contributed by atoms with E-state index in [1.807, 2.05) is 0 Å². The quantitative estimate of drug-likeness (QED) is 0.821. The van der Waals surface area contributed by atoms with E-state index in [0.717, 1.165) is 5.57 Å². The van der Waals surface area contributed by atoms with Crippen LogP contribution in [-0.4, -0.2) is 30.9 Å². The number of sulfonamides is 1. The van der Waals surface area contributed by atoms with Crippen molar-refractivity contribution in [1.82, 2.24) is 4.31 Å². The molecule has 0 spiro atoms. The molecule has 19 heavy (non-hydrogen) atoms. The van der Waals surface area contributed by atoms with Gasteiger partial charge in [-0.2, -0.15) is 4.31 Å². The third-order valence-electron chi connectivity index (χ3n) is 2.63. The fourth-order valence-electron chi connectivity index (χ4n) is 1.63. The van der Waals surface area contributed by atoms with Crippen molar-refractivity contribution in [2.24, 2.45) is 0 Å². The lowest BCUT2D eigenvalue weighted by Gasteiger charge is -2.20. The van der Waals surface area contributed by atoms with E-state index < -0.39 is 10.0 Å². The Bertz CT molecular complexity index is 569. The van der Waals surface area contributed by atoms with E-state index in [4.69, 9.17) is 16.7 Å². The number of benzene rings is 1. The molecule has 1 aromatic carbocycles. The van der Waals surface area contributed by atoms with E-state index in [2.05, 4.69) is 6.58 Å². The van der Waals surface area contributed by atoms with Crippen LogP contribution in [-0.2, 0) is 16.6 Å². The van der Waals surface area contributed by atoms with Crippen LogP contribution in [0, 0.1) is 0 Å². The van der Waals surface area contributed by atoms with E-state index in [-0.39, 0.29) is 23.1 Å². The summed E-state index contributed by atoms with van der Waals surface area (Å²) in [6.45, 7) is 7.69. The summed E-state index contributed by atoms with van der Waals surface area (Å²) in [7, 11) is -3.59. The highest BCUT2D eigenvalue weighted by molar-refractivity contribution is 7.89. The molecule has 1 N–H and O–H groups in total. The number of halogens is 1. The van der Waals surface area contributed by atoms with Crippen molar-refractivity contribution in [2.45, 2.75) is 25.3 Å². The molecule has 4 nitrogen and oxygen atoms in total. The maximum Gasteiger partial charge on any atom is 0.243 e. The lowest BCUT2D eigenvalue weighted by atomic mass is 10.2. The Morgan fingerprint density at radius 1 is 1.47 bits per heavy atom. The molecule has 0 unspecified atom stereocenters. The molecule has 0 aromatic heterocycles. The molecule has 106 valence electrons. The number of aliphatic hydroxyl groups excluding tert-OH is 1. The van der Waals surface area contributed by atoms with E-state index in [1.165, 1.54) is 22.5 Å². The largest absolute Gasteiger partial charge is 0.392 e. The molecule has 6 heteroatoms. The summed E-state index contributed by atoms with van der Waals surface area (Å²) in [5.74, 6) is 0. The zero-order chi connectivity index (χ0) is 14.6. The average molecular weight is 304 g/mol. The van der Waals surface area contributed by atoms with Crippen molar-refractivity contribution in [1.29, 1.82) is 0 Å². The first-order valence-electron chi connectivity index (χ1n) is 5.86. The van der Waals surface area contributed by atoms with Gasteiger partial charge in [-0.15, -0.1) is 0 Å². The molecule has 0 fully saturated rings. The van der Waals surface area contributed by atoms with E-state index in [1.54, 1.807) is 13.8 Å². The molecule has 1 rings (SSSR count). The van der Waals surface area contributed by atoms with Crippen LogP contribution in [0.15, 0.2) is 35.2 Å². The van der Waals surface area contributed by atoms with Gasteiger partial charge in [-0.05, 0) is 24.6 Å². The molecule has 0 radical (unpaired) electrons. The number of nitrogens with zero attached hydrogens (tertiary/aromatic N) is 1. The zero-order valence-corrected chi connectivity index (χ0v) is 12.6. The second-order valence-electron chi connectivity index (χ2n) is 4.30. The van der Waals surface area contributed by atoms with Gasteiger partial charge in [0, 0.05) is 18.1 Å². The normalized spacial score (nSPS) is 11.8. The summed E-state index contributed by atoms with van der Waals surface area (Å²) in [5, 5.41) is 9.28. The van der Waals surface area contributed by atoms with Gasteiger partial charge >= 0.3 is 0 Å². The van der Waals surface area contributed by atoms with Crippen molar-refractivity contribution >= 4 is 21.6 Å². The molecule has 0 bridgehead atoms. The molecule has 0 atom stereocenters. The first-order chi connectivity index (χ1) is 8.82. The van der Waals surface area contributed by atoms with Crippen LogP contribution < -0.4 is 0 Å². The fraction of sp³-hybridized carbons (Fsp3) is 0.385. The molecule has 0 amide bonds. The number of likely N-dealkylation sites (N-methyl/N-ethyl adjacent to an activating group) is 1. The Morgan fingerprint density at radius 3 is 2.53 bits per heavy atom. The summed E-state index contributed by atoms with van der Waals surface area (Å²) in [6.07, 6.45) is 0. The Labute approximate surface area is 119 Å². The number of rotatable bonds is 6. The van der Waals surface area contributed by atoms with E-state index in [0.29, 0.717) is 12.1 Å². The Balaban J connectivity index is 3.18. The van der Waals surface area contributed by atoms with Crippen LogP contribution in [0.1, 0.15) is 19.4 Å². The van der Waals surface area contributed by atoms with Crippen molar-refractivity contribution in [2.75, 3.05) is 13.1 Å². The summed E-state index contributed by atoms with van der Waals surface area (Å²) < 4.78 is 26.2. The molecule has 0 aliphatic heterocycles. The maximum atomic E-state index is 12.4. The van der Waals surface area contributed by atoms with Gasteiger partial charge in [-0.25, -0.2) is 8.42 Å². The summed E-state index contributed by atoms with van der Waals surface area (Å²) in [5.41, 5.74) is 1.27. The van der Waals surface area contributed by atoms with Crippen LogP contribution >= 0.6 is 11.6 Å². The highest BCUT2D eigenvalue weighted by atomic mass is 35.5. The second kappa shape index (κ2) is 6.52. The number of aliphatic hydroxyl groups is 1. The molecular formula is C13H18ClNO3S. The number of hydrogen-bond acceptors (Lipinski definition) is 3. The summed E-state index contributed by atoms with van der Waals surface area (Å²) in [4.78, 5) is 0.123. The SMILES string of the molecule is C=C(C)CN(CC)S(=O)(=O)c1ccc(CO)c(Cl)c1. The lowest BCUT2D eigenvalue weighted by Crippen LogP contribution is -2.32. The van der Waals surface area contributed by atoms with E-state index in [9.17, 15) is 8.42 Å². The Hall–Kier alpha value is -0.880. The third-order valence-corrected chi connectivity index (χ3v) is 4.90. The fourth-order valence-corrected chi connectivity index (χ4v) is 3.47. The highest BCUT2D eigenvalue weighted by Crippen LogP contribution is 2.23. The van der Waals surface area contributed by atoms with Gasteiger partial charge in [0.2, 0.25) is 10.0 Å². The standard InChI is InChI=1S/C13H18ClNO3S/c1-4-15(8-10(2)3)19(17,18)12-6-5-11(9-16)13(14)7-12/h5-7,16H,2,4,8-9H2,1,3H3. The van der Waals surface area contributed by atoms with Gasteiger partial charge in [-0.3, -0.25) is 0 Å². The summed E-state index contributed by atoms with van der Waals surface area (Å²) >= 11 is 5.93.